The summed E-state index contributed by atoms with van der Waals surface area (Å²) in [7, 11) is 3.37. The largest absolute Gasteiger partial charge is 0.347 e. The third-order valence-electron chi connectivity index (χ3n) is 4.32. The molecule has 0 aliphatic carbocycles. The average Bonchev–Trinajstić information content (AvgIpc) is 2.55. The highest BCUT2D eigenvalue weighted by Crippen LogP contribution is 2.13. The van der Waals surface area contributed by atoms with E-state index >= 15 is 0 Å². The van der Waals surface area contributed by atoms with Gasteiger partial charge in [-0.1, -0.05) is 23.7 Å². The van der Waals surface area contributed by atoms with Crippen LogP contribution in [0.5, 0.6) is 0 Å². The molecule has 1 saturated heterocycles. The SMILES string of the molecule is CC(NC(=O)CN1CCN(Cc2cccc(Cl)c2)CC1)C(=O)N(C)C. The quantitative estimate of drug-likeness (QED) is 0.817. The molecule has 1 atom stereocenters. The van der Waals surface area contributed by atoms with E-state index in [-0.39, 0.29) is 11.8 Å². The van der Waals surface area contributed by atoms with E-state index in [4.69, 9.17) is 11.6 Å². The molecule has 0 saturated carbocycles. The first-order valence-corrected chi connectivity index (χ1v) is 8.92. The van der Waals surface area contributed by atoms with Gasteiger partial charge in [0, 0.05) is 51.8 Å². The van der Waals surface area contributed by atoms with Gasteiger partial charge in [0.1, 0.15) is 6.04 Å². The van der Waals surface area contributed by atoms with Gasteiger partial charge in [-0.3, -0.25) is 19.4 Å². The highest BCUT2D eigenvalue weighted by molar-refractivity contribution is 6.30. The summed E-state index contributed by atoms with van der Waals surface area (Å²) in [5.74, 6) is -0.203. The summed E-state index contributed by atoms with van der Waals surface area (Å²) >= 11 is 6.03. The van der Waals surface area contributed by atoms with Crippen LogP contribution >= 0.6 is 11.6 Å². The van der Waals surface area contributed by atoms with Gasteiger partial charge in [0.15, 0.2) is 0 Å². The molecule has 1 aromatic carbocycles. The maximum absolute atomic E-state index is 12.1. The summed E-state index contributed by atoms with van der Waals surface area (Å²) in [5.41, 5.74) is 1.20. The number of rotatable bonds is 6. The van der Waals surface area contributed by atoms with Gasteiger partial charge in [-0.15, -0.1) is 0 Å². The summed E-state index contributed by atoms with van der Waals surface area (Å²) in [6, 6.07) is 7.42. The van der Waals surface area contributed by atoms with E-state index in [1.807, 2.05) is 18.2 Å². The van der Waals surface area contributed by atoms with E-state index in [0.29, 0.717) is 6.54 Å². The molecule has 2 amide bonds. The predicted octanol–water partition coefficient (Wildman–Crippen LogP) is 1.05. The third kappa shape index (κ3) is 6.30. The van der Waals surface area contributed by atoms with Gasteiger partial charge >= 0.3 is 0 Å². The van der Waals surface area contributed by atoms with Gasteiger partial charge in [0.25, 0.3) is 0 Å². The second-order valence-electron chi connectivity index (χ2n) is 6.70. The molecule has 1 heterocycles. The van der Waals surface area contributed by atoms with E-state index < -0.39 is 6.04 Å². The first kappa shape index (κ1) is 19.7. The van der Waals surface area contributed by atoms with Crippen molar-refractivity contribution < 1.29 is 9.59 Å². The molecule has 0 aromatic heterocycles. The summed E-state index contributed by atoms with van der Waals surface area (Å²) in [6.07, 6.45) is 0. The van der Waals surface area contributed by atoms with Crippen LogP contribution in [-0.2, 0) is 16.1 Å². The fraction of sp³-hybridized carbons (Fsp3) is 0.556. The Morgan fingerprint density at radius 2 is 1.84 bits per heavy atom. The van der Waals surface area contributed by atoms with E-state index in [0.717, 1.165) is 37.7 Å². The van der Waals surface area contributed by atoms with Gasteiger partial charge in [0.05, 0.1) is 6.54 Å². The van der Waals surface area contributed by atoms with E-state index in [1.54, 1.807) is 21.0 Å². The van der Waals surface area contributed by atoms with E-state index in [9.17, 15) is 9.59 Å². The van der Waals surface area contributed by atoms with Crippen LogP contribution in [0.4, 0.5) is 0 Å². The smallest absolute Gasteiger partial charge is 0.244 e. The number of hydrogen-bond acceptors (Lipinski definition) is 4. The number of likely N-dealkylation sites (N-methyl/N-ethyl adjacent to an activating group) is 1. The zero-order valence-corrected chi connectivity index (χ0v) is 15.9. The molecule has 138 valence electrons. The number of amides is 2. The van der Waals surface area contributed by atoms with E-state index in [1.165, 1.54) is 10.5 Å². The number of benzene rings is 1. The average molecular weight is 367 g/mol. The van der Waals surface area contributed by atoms with Crippen molar-refractivity contribution in [3.8, 4) is 0 Å². The Hall–Kier alpha value is -1.63. The fourth-order valence-electron chi connectivity index (χ4n) is 2.94. The van der Waals surface area contributed by atoms with E-state index in [2.05, 4.69) is 21.2 Å². The van der Waals surface area contributed by atoms with Crippen molar-refractivity contribution >= 4 is 23.4 Å². The second kappa shape index (κ2) is 9.17. The molecule has 1 aliphatic rings. The lowest BCUT2D eigenvalue weighted by Gasteiger charge is -2.34. The minimum atomic E-state index is -0.494. The maximum atomic E-state index is 12.1. The van der Waals surface area contributed by atoms with Crippen LogP contribution in [0.1, 0.15) is 12.5 Å². The molecule has 0 spiro atoms. The summed E-state index contributed by atoms with van der Waals surface area (Å²) in [5, 5.41) is 3.52. The molecule has 1 aliphatic heterocycles. The van der Waals surface area contributed by atoms with Crippen LogP contribution in [-0.4, -0.2) is 79.4 Å². The Kier molecular flexibility index (Phi) is 7.23. The van der Waals surface area contributed by atoms with Gasteiger partial charge in [-0.25, -0.2) is 0 Å². The first-order chi connectivity index (χ1) is 11.8. The molecule has 1 fully saturated rings. The molecular formula is C18H27ClN4O2. The molecule has 0 radical (unpaired) electrons. The zero-order chi connectivity index (χ0) is 18.4. The molecule has 1 aromatic rings. The third-order valence-corrected chi connectivity index (χ3v) is 4.55. The molecule has 6 nitrogen and oxygen atoms in total. The van der Waals surface area contributed by atoms with Crippen molar-refractivity contribution in [1.29, 1.82) is 0 Å². The molecule has 1 N–H and O–H groups in total. The Morgan fingerprint density at radius 1 is 1.20 bits per heavy atom. The normalized spacial score (nSPS) is 17.1. The molecule has 2 rings (SSSR count). The molecule has 1 unspecified atom stereocenters. The lowest BCUT2D eigenvalue weighted by atomic mass is 10.2. The van der Waals surface area contributed by atoms with Gasteiger partial charge < -0.3 is 10.2 Å². The number of halogens is 1. The van der Waals surface area contributed by atoms with Crippen LogP contribution in [0.15, 0.2) is 24.3 Å². The fourth-order valence-corrected chi connectivity index (χ4v) is 3.15. The predicted molar refractivity (Wildman–Crippen MR) is 99.5 cm³/mol. The summed E-state index contributed by atoms with van der Waals surface area (Å²) < 4.78 is 0. The van der Waals surface area contributed by atoms with Crippen LogP contribution < -0.4 is 5.32 Å². The van der Waals surface area contributed by atoms with Crippen molar-refractivity contribution in [2.24, 2.45) is 0 Å². The molecule has 0 bridgehead atoms. The standard InChI is InChI=1S/C18H27ClN4O2/c1-14(18(25)21(2)3)20-17(24)13-23-9-7-22(8-10-23)12-15-5-4-6-16(19)11-15/h4-6,11,14H,7-10,12-13H2,1-3H3,(H,20,24). The van der Waals surface area contributed by atoms with Crippen molar-refractivity contribution in [3.63, 3.8) is 0 Å². The van der Waals surface area contributed by atoms with Crippen molar-refractivity contribution in [2.45, 2.75) is 19.5 Å². The number of carbonyl (C=O) groups excluding carboxylic acids is 2. The maximum Gasteiger partial charge on any atom is 0.244 e. The number of hydrogen-bond donors (Lipinski definition) is 1. The Balaban J connectivity index is 1.73. The number of nitrogens with zero attached hydrogens (tertiary/aromatic N) is 3. The van der Waals surface area contributed by atoms with Gasteiger partial charge in [-0.05, 0) is 24.6 Å². The Bertz CT molecular complexity index is 600. The molecule has 7 heteroatoms. The van der Waals surface area contributed by atoms with Crippen molar-refractivity contribution in [3.05, 3.63) is 34.9 Å². The number of carbonyl (C=O) groups is 2. The number of nitrogens with one attached hydrogen (secondary N) is 1. The van der Waals surface area contributed by atoms with Crippen molar-refractivity contribution in [1.82, 2.24) is 20.0 Å². The monoisotopic (exact) mass is 366 g/mol. The first-order valence-electron chi connectivity index (χ1n) is 8.55. The van der Waals surface area contributed by atoms with Crippen molar-refractivity contribution in [2.75, 3.05) is 46.8 Å². The second-order valence-corrected chi connectivity index (χ2v) is 7.14. The molecule has 25 heavy (non-hydrogen) atoms. The van der Waals surface area contributed by atoms with Gasteiger partial charge in [0.2, 0.25) is 11.8 Å². The summed E-state index contributed by atoms with van der Waals surface area (Å²) in [6.45, 7) is 6.40. The zero-order valence-electron chi connectivity index (χ0n) is 15.2. The number of piperazine rings is 1. The van der Waals surface area contributed by atoms with Crippen LogP contribution in [0, 0.1) is 0 Å². The van der Waals surface area contributed by atoms with Gasteiger partial charge in [-0.2, -0.15) is 0 Å². The Labute approximate surface area is 154 Å². The van der Waals surface area contributed by atoms with Crippen LogP contribution in [0.25, 0.3) is 0 Å². The lowest BCUT2D eigenvalue weighted by Crippen LogP contribution is -2.51. The lowest BCUT2D eigenvalue weighted by molar-refractivity contribution is -0.134. The highest BCUT2D eigenvalue weighted by Gasteiger charge is 2.21. The molecular weight excluding hydrogens is 340 g/mol. The van der Waals surface area contributed by atoms with Crippen LogP contribution in [0.3, 0.4) is 0 Å². The minimum Gasteiger partial charge on any atom is -0.347 e. The van der Waals surface area contributed by atoms with Crippen LogP contribution in [0.2, 0.25) is 5.02 Å². The minimum absolute atomic E-state index is 0.0975. The summed E-state index contributed by atoms with van der Waals surface area (Å²) in [4.78, 5) is 29.9. The highest BCUT2D eigenvalue weighted by atomic mass is 35.5. The topological polar surface area (TPSA) is 55.9 Å². The Morgan fingerprint density at radius 3 is 2.44 bits per heavy atom.